The van der Waals surface area contributed by atoms with Gasteiger partial charge in [-0.1, -0.05) is 30.3 Å². The maximum absolute atomic E-state index is 12.8. The van der Waals surface area contributed by atoms with E-state index in [4.69, 9.17) is 0 Å². The number of nitrogens with one attached hydrogen (secondary N) is 2. The van der Waals surface area contributed by atoms with Crippen molar-refractivity contribution in [1.82, 2.24) is 25.4 Å². The number of amides is 2. The van der Waals surface area contributed by atoms with Gasteiger partial charge in [0.2, 0.25) is 5.91 Å². The molecule has 2 amide bonds. The molecule has 1 aromatic carbocycles. The van der Waals surface area contributed by atoms with Crippen LogP contribution in [0.5, 0.6) is 0 Å². The predicted molar refractivity (Wildman–Crippen MR) is 118 cm³/mol. The van der Waals surface area contributed by atoms with E-state index in [0.29, 0.717) is 43.9 Å². The van der Waals surface area contributed by atoms with Gasteiger partial charge >= 0.3 is 0 Å². The Bertz CT molecular complexity index is 995. The fourth-order valence-electron chi connectivity index (χ4n) is 3.90. The van der Waals surface area contributed by atoms with Crippen LogP contribution in [0.15, 0.2) is 60.9 Å². The van der Waals surface area contributed by atoms with Gasteiger partial charge in [-0.2, -0.15) is 5.10 Å². The molecule has 0 unspecified atom stereocenters. The molecule has 1 saturated heterocycles. The molecule has 2 N–H and O–H groups in total. The molecule has 7 nitrogen and oxygen atoms in total. The van der Waals surface area contributed by atoms with E-state index in [9.17, 15) is 9.59 Å². The number of carbonyl (C=O) groups excluding carboxylic acids is 2. The summed E-state index contributed by atoms with van der Waals surface area (Å²) in [7, 11) is 0. The van der Waals surface area contributed by atoms with Gasteiger partial charge in [-0.25, -0.2) is 0 Å². The van der Waals surface area contributed by atoms with Gasteiger partial charge in [0.05, 0.1) is 5.69 Å². The summed E-state index contributed by atoms with van der Waals surface area (Å²) in [5.41, 5.74) is 3.30. The minimum absolute atomic E-state index is 0.0338. The van der Waals surface area contributed by atoms with Gasteiger partial charge in [0.25, 0.3) is 5.91 Å². The normalized spacial score (nSPS) is 14.4. The summed E-state index contributed by atoms with van der Waals surface area (Å²) in [6, 6.07) is 15.8. The van der Waals surface area contributed by atoms with Crippen LogP contribution in [0.3, 0.4) is 0 Å². The Morgan fingerprint density at radius 2 is 1.90 bits per heavy atom. The molecule has 7 heteroatoms. The Kier molecular flexibility index (Phi) is 6.72. The van der Waals surface area contributed by atoms with Crippen molar-refractivity contribution in [2.24, 2.45) is 5.92 Å². The van der Waals surface area contributed by atoms with Gasteiger partial charge in [0, 0.05) is 43.5 Å². The van der Waals surface area contributed by atoms with E-state index in [1.807, 2.05) is 30.3 Å². The highest BCUT2D eigenvalue weighted by molar-refractivity contribution is 5.93. The van der Waals surface area contributed by atoms with E-state index in [-0.39, 0.29) is 17.7 Å². The number of aryl methyl sites for hydroxylation is 1. The van der Waals surface area contributed by atoms with Crippen LogP contribution in [0.4, 0.5) is 0 Å². The van der Waals surface area contributed by atoms with Gasteiger partial charge in [-0.15, -0.1) is 0 Å². The summed E-state index contributed by atoms with van der Waals surface area (Å²) in [6.45, 7) is 1.82. The number of pyridine rings is 1. The van der Waals surface area contributed by atoms with E-state index in [1.54, 1.807) is 23.4 Å². The zero-order valence-corrected chi connectivity index (χ0v) is 17.5. The third-order valence-electron chi connectivity index (χ3n) is 5.70. The smallest absolute Gasteiger partial charge is 0.271 e. The molecule has 0 radical (unpaired) electrons. The van der Waals surface area contributed by atoms with Gasteiger partial charge in [0.1, 0.15) is 5.69 Å². The number of nitrogens with zero attached hydrogens (tertiary/aromatic N) is 3. The van der Waals surface area contributed by atoms with Crippen molar-refractivity contribution < 1.29 is 9.59 Å². The van der Waals surface area contributed by atoms with Crippen LogP contribution >= 0.6 is 0 Å². The first-order valence-electron chi connectivity index (χ1n) is 10.8. The summed E-state index contributed by atoms with van der Waals surface area (Å²) in [5, 5.41) is 10.1. The van der Waals surface area contributed by atoms with Crippen LogP contribution in [0, 0.1) is 5.92 Å². The Morgan fingerprint density at radius 1 is 1.10 bits per heavy atom. The number of benzene rings is 1. The third kappa shape index (κ3) is 5.36. The molecule has 0 bridgehead atoms. The SMILES string of the molecule is O=C(NCCCc1ccccc1)C1CCN(C(=O)c2cc(-c3cccnc3)n[nH]2)CC1. The molecule has 0 spiro atoms. The maximum atomic E-state index is 12.8. The van der Waals surface area contributed by atoms with Crippen molar-refractivity contribution in [3.8, 4) is 11.3 Å². The molecule has 3 aromatic rings. The van der Waals surface area contributed by atoms with Crippen LogP contribution in [0.2, 0.25) is 0 Å². The fourth-order valence-corrected chi connectivity index (χ4v) is 3.90. The van der Waals surface area contributed by atoms with Gasteiger partial charge in [-0.3, -0.25) is 19.7 Å². The average molecular weight is 418 g/mol. The minimum atomic E-state index is -0.0793. The molecule has 1 fully saturated rings. The molecule has 3 heterocycles. The molecule has 0 aliphatic carbocycles. The highest BCUT2D eigenvalue weighted by atomic mass is 16.2. The molecule has 2 aromatic heterocycles. The molecule has 1 aliphatic heterocycles. The van der Waals surface area contributed by atoms with Crippen molar-refractivity contribution in [2.75, 3.05) is 19.6 Å². The lowest BCUT2D eigenvalue weighted by Gasteiger charge is -2.31. The monoisotopic (exact) mass is 417 g/mol. The minimum Gasteiger partial charge on any atom is -0.356 e. The van der Waals surface area contributed by atoms with Crippen LogP contribution in [0.1, 0.15) is 35.3 Å². The number of aromatic amines is 1. The fraction of sp³-hybridized carbons (Fsp3) is 0.333. The largest absolute Gasteiger partial charge is 0.356 e. The summed E-state index contributed by atoms with van der Waals surface area (Å²) >= 11 is 0. The molecule has 1 aliphatic rings. The van der Waals surface area contributed by atoms with Crippen molar-refractivity contribution in [3.05, 3.63) is 72.2 Å². The number of rotatable bonds is 7. The van der Waals surface area contributed by atoms with Crippen LogP contribution in [0.25, 0.3) is 11.3 Å². The summed E-state index contributed by atoms with van der Waals surface area (Å²) in [4.78, 5) is 31.2. The first-order chi connectivity index (χ1) is 15.2. The molecule has 160 valence electrons. The molecular weight excluding hydrogens is 390 g/mol. The highest BCUT2D eigenvalue weighted by Crippen LogP contribution is 2.21. The second-order valence-electron chi connectivity index (χ2n) is 7.86. The van der Waals surface area contributed by atoms with Crippen molar-refractivity contribution in [3.63, 3.8) is 0 Å². The zero-order chi connectivity index (χ0) is 21.5. The van der Waals surface area contributed by atoms with Gasteiger partial charge in [0.15, 0.2) is 0 Å². The highest BCUT2D eigenvalue weighted by Gasteiger charge is 2.28. The number of carbonyl (C=O) groups is 2. The van der Waals surface area contributed by atoms with E-state index >= 15 is 0 Å². The Morgan fingerprint density at radius 3 is 2.65 bits per heavy atom. The zero-order valence-electron chi connectivity index (χ0n) is 17.5. The summed E-state index contributed by atoms with van der Waals surface area (Å²) in [5.74, 6) is -0.0154. The third-order valence-corrected chi connectivity index (χ3v) is 5.70. The predicted octanol–water partition coefficient (Wildman–Crippen LogP) is 3.07. The molecular formula is C24H27N5O2. The summed E-state index contributed by atoms with van der Waals surface area (Å²) in [6.07, 6.45) is 6.66. The number of aromatic nitrogens is 3. The Labute approximate surface area is 181 Å². The lowest BCUT2D eigenvalue weighted by molar-refractivity contribution is -0.126. The number of piperidine rings is 1. The van der Waals surface area contributed by atoms with Crippen LogP contribution < -0.4 is 5.32 Å². The van der Waals surface area contributed by atoms with Crippen molar-refractivity contribution >= 4 is 11.8 Å². The second-order valence-corrected chi connectivity index (χ2v) is 7.86. The maximum Gasteiger partial charge on any atom is 0.271 e. The van der Waals surface area contributed by atoms with E-state index in [1.165, 1.54) is 5.56 Å². The van der Waals surface area contributed by atoms with E-state index < -0.39 is 0 Å². The molecule has 0 saturated carbocycles. The van der Waals surface area contributed by atoms with Gasteiger partial charge in [-0.05, 0) is 49.4 Å². The lowest BCUT2D eigenvalue weighted by Crippen LogP contribution is -2.43. The number of likely N-dealkylation sites (tertiary alicyclic amines) is 1. The van der Waals surface area contributed by atoms with Crippen LogP contribution in [-0.2, 0) is 11.2 Å². The van der Waals surface area contributed by atoms with E-state index in [0.717, 1.165) is 18.4 Å². The van der Waals surface area contributed by atoms with Crippen molar-refractivity contribution in [1.29, 1.82) is 0 Å². The standard InChI is InChI=1S/C24H27N5O2/c30-23(26-13-4-8-18-6-2-1-3-7-18)19-10-14-29(15-11-19)24(31)22-16-21(27-28-22)20-9-5-12-25-17-20/h1-3,5-7,9,12,16-17,19H,4,8,10-11,13-15H2,(H,26,30)(H,27,28). The quantitative estimate of drug-likeness (QED) is 0.578. The number of H-pyrrole nitrogens is 1. The Hall–Kier alpha value is -3.48. The molecule has 31 heavy (non-hydrogen) atoms. The first kappa shape index (κ1) is 20.8. The average Bonchev–Trinajstić information content (AvgIpc) is 3.33. The lowest BCUT2D eigenvalue weighted by atomic mass is 9.95. The summed E-state index contributed by atoms with van der Waals surface area (Å²) < 4.78 is 0. The van der Waals surface area contributed by atoms with Crippen molar-refractivity contribution in [2.45, 2.75) is 25.7 Å². The van der Waals surface area contributed by atoms with E-state index in [2.05, 4.69) is 32.6 Å². The van der Waals surface area contributed by atoms with Crippen LogP contribution in [-0.4, -0.2) is 51.5 Å². The number of hydrogen-bond acceptors (Lipinski definition) is 4. The van der Waals surface area contributed by atoms with Gasteiger partial charge < -0.3 is 10.2 Å². The molecule has 0 atom stereocenters. The first-order valence-corrected chi connectivity index (χ1v) is 10.8. The topological polar surface area (TPSA) is 91.0 Å². The molecule has 4 rings (SSSR count). The number of hydrogen-bond donors (Lipinski definition) is 2. The Balaban J connectivity index is 1.21. The second kappa shape index (κ2) is 10.0.